The maximum atomic E-state index is 12.9. The van der Waals surface area contributed by atoms with Crippen LogP contribution in [0.4, 0.5) is 5.69 Å². The van der Waals surface area contributed by atoms with Gasteiger partial charge in [0.05, 0.1) is 30.7 Å². The molecule has 3 fully saturated rings. The van der Waals surface area contributed by atoms with E-state index in [1.807, 2.05) is 11.0 Å². The summed E-state index contributed by atoms with van der Waals surface area (Å²) in [6.07, 6.45) is 6.67. The molecule has 1 aromatic rings. The van der Waals surface area contributed by atoms with E-state index in [0.29, 0.717) is 30.6 Å². The van der Waals surface area contributed by atoms with Crippen LogP contribution in [-0.4, -0.2) is 67.1 Å². The summed E-state index contributed by atoms with van der Waals surface area (Å²) in [4.78, 5) is 33.0. The van der Waals surface area contributed by atoms with Crippen LogP contribution >= 0.6 is 0 Å². The Morgan fingerprint density at radius 1 is 1.19 bits per heavy atom. The van der Waals surface area contributed by atoms with E-state index in [4.69, 9.17) is 4.74 Å². The molecule has 1 aromatic heterocycles. The molecule has 7 nitrogen and oxygen atoms in total. The molecule has 27 heavy (non-hydrogen) atoms. The van der Waals surface area contributed by atoms with Crippen molar-refractivity contribution in [2.24, 2.45) is 11.8 Å². The fraction of sp³-hybridized carbons (Fsp3) is 0.650. The van der Waals surface area contributed by atoms with E-state index in [1.54, 1.807) is 19.3 Å². The lowest BCUT2D eigenvalue weighted by Crippen LogP contribution is -2.45. The van der Waals surface area contributed by atoms with Crippen LogP contribution in [0.25, 0.3) is 0 Å². The molecule has 3 heterocycles. The normalized spacial score (nSPS) is 28.0. The van der Waals surface area contributed by atoms with Crippen molar-refractivity contribution in [3.63, 3.8) is 0 Å². The van der Waals surface area contributed by atoms with Gasteiger partial charge in [-0.1, -0.05) is 6.42 Å². The number of carbonyl (C=O) groups is 2. The Kier molecular flexibility index (Phi) is 5.29. The minimum absolute atomic E-state index is 0.0652. The number of rotatable bonds is 3. The number of likely N-dealkylation sites (tertiary alicyclic amines) is 1. The van der Waals surface area contributed by atoms with E-state index in [0.717, 1.165) is 51.1 Å². The van der Waals surface area contributed by atoms with Crippen LogP contribution in [0.3, 0.4) is 0 Å². The van der Waals surface area contributed by atoms with Crippen molar-refractivity contribution in [3.8, 4) is 0 Å². The number of hydrogen-bond acceptors (Lipinski definition) is 5. The van der Waals surface area contributed by atoms with Gasteiger partial charge in [-0.15, -0.1) is 0 Å². The Hall–Kier alpha value is -2.15. The summed E-state index contributed by atoms with van der Waals surface area (Å²) >= 11 is 0. The largest absolute Gasteiger partial charge is 0.378 e. The van der Waals surface area contributed by atoms with Gasteiger partial charge < -0.3 is 19.9 Å². The van der Waals surface area contributed by atoms with Crippen molar-refractivity contribution in [3.05, 3.63) is 24.0 Å². The average molecular weight is 372 g/mol. The molecular formula is C20H28N4O3. The minimum atomic E-state index is -0.0652. The number of fused-ring (bicyclic) bond motifs is 1. The van der Waals surface area contributed by atoms with E-state index in [1.165, 1.54) is 0 Å². The van der Waals surface area contributed by atoms with Gasteiger partial charge in [0.15, 0.2) is 0 Å². The molecule has 3 atom stereocenters. The van der Waals surface area contributed by atoms with Crippen LogP contribution in [0.2, 0.25) is 0 Å². The molecule has 2 saturated heterocycles. The van der Waals surface area contributed by atoms with Crippen LogP contribution in [0, 0.1) is 11.8 Å². The lowest BCUT2D eigenvalue weighted by atomic mass is 9.78. The van der Waals surface area contributed by atoms with Gasteiger partial charge in [0.25, 0.3) is 5.91 Å². The third-order valence-corrected chi connectivity index (χ3v) is 6.22. The monoisotopic (exact) mass is 372 g/mol. The molecule has 4 rings (SSSR count). The fourth-order valence-electron chi connectivity index (χ4n) is 4.71. The van der Waals surface area contributed by atoms with E-state index >= 15 is 0 Å². The zero-order chi connectivity index (χ0) is 18.8. The number of nitrogens with one attached hydrogen (secondary N) is 1. The SMILES string of the molecule is CC(=O)N1CC2CCCC(NC(=O)c3cncc(N4CCOCC4)c3)C2C1. The molecule has 2 aliphatic heterocycles. The van der Waals surface area contributed by atoms with Crippen molar-refractivity contribution in [2.45, 2.75) is 32.2 Å². The van der Waals surface area contributed by atoms with Gasteiger partial charge in [0.1, 0.15) is 0 Å². The molecule has 3 aliphatic rings. The first-order chi connectivity index (χ1) is 13.1. The van der Waals surface area contributed by atoms with Gasteiger partial charge in [-0.2, -0.15) is 0 Å². The summed E-state index contributed by atoms with van der Waals surface area (Å²) in [7, 11) is 0. The van der Waals surface area contributed by atoms with Crippen LogP contribution in [0.1, 0.15) is 36.5 Å². The van der Waals surface area contributed by atoms with E-state index in [-0.39, 0.29) is 17.9 Å². The van der Waals surface area contributed by atoms with Crippen molar-refractivity contribution in [2.75, 3.05) is 44.3 Å². The number of amides is 2. The quantitative estimate of drug-likeness (QED) is 0.866. The molecule has 1 saturated carbocycles. The Morgan fingerprint density at radius 2 is 2.00 bits per heavy atom. The first-order valence-corrected chi connectivity index (χ1v) is 9.96. The first-order valence-electron chi connectivity index (χ1n) is 9.96. The lowest BCUT2D eigenvalue weighted by Gasteiger charge is -2.33. The second-order valence-electron chi connectivity index (χ2n) is 7.89. The standard InChI is InChI=1S/C20H28N4O3/c1-14(25)24-12-15-3-2-4-19(18(15)13-24)22-20(26)16-9-17(11-21-10-16)23-5-7-27-8-6-23/h9-11,15,18-19H,2-8,12-13H2,1H3,(H,22,26). The summed E-state index contributed by atoms with van der Waals surface area (Å²) in [5, 5.41) is 3.24. The second-order valence-corrected chi connectivity index (χ2v) is 7.89. The van der Waals surface area contributed by atoms with Crippen molar-refractivity contribution in [1.29, 1.82) is 0 Å². The third-order valence-electron chi connectivity index (χ3n) is 6.22. The number of aromatic nitrogens is 1. The van der Waals surface area contributed by atoms with Crippen LogP contribution in [0.15, 0.2) is 18.5 Å². The topological polar surface area (TPSA) is 74.8 Å². The number of nitrogens with zero attached hydrogens (tertiary/aromatic N) is 3. The molecule has 2 amide bonds. The van der Waals surface area contributed by atoms with Gasteiger partial charge in [0.2, 0.25) is 5.91 Å². The third kappa shape index (κ3) is 3.93. The summed E-state index contributed by atoms with van der Waals surface area (Å²) < 4.78 is 5.40. The van der Waals surface area contributed by atoms with E-state index in [9.17, 15) is 9.59 Å². The Labute approximate surface area is 160 Å². The summed E-state index contributed by atoms with van der Waals surface area (Å²) in [5.41, 5.74) is 1.57. The molecule has 0 bridgehead atoms. The molecular weight excluding hydrogens is 344 g/mol. The van der Waals surface area contributed by atoms with E-state index < -0.39 is 0 Å². The molecule has 1 aliphatic carbocycles. The predicted molar refractivity (Wildman–Crippen MR) is 102 cm³/mol. The highest BCUT2D eigenvalue weighted by Crippen LogP contribution is 2.36. The maximum absolute atomic E-state index is 12.9. The number of pyridine rings is 1. The number of carbonyl (C=O) groups excluding carboxylic acids is 2. The Morgan fingerprint density at radius 3 is 2.78 bits per heavy atom. The Balaban J connectivity index is 1.43. The summed E-state index contributed by atoms with van der Waals surface area (Å²) in [6.45, 7) is 6.27. The number of morpholine rings is 1. The molecule has 0 aromatic carbocycles. The fourth-order valence-corrected chi connectivity index (χ4v) is 4.71. The molecule has 1 N–H and O–H groups in total. The summed E-state index contributed by atoms with van der Waals surface area (Å²) in [6, 6.07) is 2.05. The number of anilines is 1. The van der Waals surface area contributed by atoms with Crippen molar-refractivity contribution < 1.29 is 14.3 Å². The Bertz CT molecular complexity index is 704. The predicted octanol–water partition coefficient (Wildman–Crippen LogP) is 1.30. The zero-order valence-electron chi connectivity index (χ0n) is 15.9. The van der Waals surface area contributed by atoms with Crippen LogP contribution < -0.4 is 10.2 Å². The molecule has 0 radical (unpaired) electrons. The van der Waals surface area contributed by atoms with Gasteiger partial charge in [-0.05, 0) is 24.8 Å². The second kappa shape index (κ2) is 7.84. The molecule has 0 spiro atoms. The summed E-state index contributed by atoms with van der Waals surface area (Å²) in [5.74, 6) is 0.939. The highest BCUT2D eigenvalue weighted by molar-refractivity contribution is 5.95. The average Bonchev–Trinajstić information content (AvgIpc) is 3.15. The smallest absolute Gasteiger partial charge is 0.253 e. The van der Waals surface area contributed by atoms with Gasteiger partial charge in [0, 0.05) is 51.3 Å². The number of ether oxygens (including phenoxy) is 1. The maximum Gasteiger partial charge on any atom is 0.253 e. The molecule has 7 heteroatoms. The van der Waals surface area contributed by atoms with Crippen LogP contribution in [-0.2, 0) is 9.53 Å². The minimum Gasteiger partial charge on any atom is -0.378 e. The van der Waals surface area contributed by atoms with Crippen LogP contribution in [0.5, 0.6) is 0 Å². The van der Waals surface area contributed by atoms with Gasteiger partial charge in [-0.25, -0.2) is 0 Å². The van der Waals surface area contributed by atoms with Gasteiger partial charge >= 0.3 is 0 Å². The zero-order valence-corrected chi connectivity index (χ0v) is 15.9. The highest BCUT2D eigenvalue weighted by Gasteiger charge is 2.41. The highest BCUT2D eigenvalue weighted by atomic mass is 16.5. The van der Waals surface area contributed by atoms with Gasteiger partial charge in [-0.3, -0.25) is 14.6 Å². The lowest BCUT2D eigenvalue weighted by molar-refractivity contribution is -0.128. The van der Waals surface area contributed by atoms with Crippen molar-refractivity contribution >= 4 is 17.5 Å². The van der Waals surface area contributed by atoms with E-state index in [2.05, 4.69) is 15.2 Å². The number of hydrogen-bond donors (Lipinski definition) is 1. The molecule has 3 unspecified atom stereocenters. The molecule has 146 valence electrons. The first kappa shape index (κ1) is 18.2. The van der Waals surface area contributed by atoms with Crippen molar-refractivity contribution in [1.82, 2.24) is 15.2 Å².